The fourth-order valence-corrected chi connectivity index (χ4v) is 4.19. The van der Waals surface area contributed by atoms with Crippen LogP contribution in [0.4, 0.5) is 4.79 Å². The Bertz CT molecular complexity index is 716. The molecule has 140 valence electrons. The number of hydrogen-bond donors (Lipinski definition) is 1. The molecular weight excluding hydrogens is 364 g/mol. The van der Waals surface area contributed by atoms with Crippen molar-refractivity contribution in [1.82, 2.24) is 9.62 Å². The first kappa shape index (κ1) is 20.0. The first-order valence-electron chi connectivity index (χ1n) is 8.28. The van der Waals surface area contributed by atoms with Crippen molar-refractivity contribution >= 4 is 27.7 Å². The van der Waals surface area contributed by atoms with Crippen molar-refractivity contribution in [2.24, 2.45) is 0 Å². The Hall–Kier alpha value is -1.31. The van der Waals surface area contributed by atoms with Gasteiger partial charge in [-0.2, -0.15) is 0 Å². The number of hydrogen-bond acceptors (Lipinski definition) is 4. The van der Waals surface area contributed by atoms with Crippen LogP contribution in [0.5, 0.6) is 0 Å². The third-order valence-corrected chi connectivity index (χ3v) is 5.51. The normalized spacial score (nSPS) is 18.4. The molecule has 0 aliphatic carbocycles. The minimum atomic E-state index is -3.54. The monoisotopic (exact) mass is 388 g/mol. The maximum absolute atomic E-state index is 12.3. The van der Waals surface area contributed by atoms with Crippen LogP contribution in [0.1, 0.15) is 39.2 Å². The second kappa shape index (κ2) is 7.93. The van der Waals surface area contributed by atoms with Crippen molar-refractivity contribution in [2.75, 3.05) is 13.1 Å². The van der Waals surface area contributed by atoms with E-state index in [1.807, 2.05) is 20.8 Å². The minimum Gasteiger partial charge on any atom is -0.444 e. The van der Waals surface area contributed by atoms with Crippen LogP contribution in [0.2, 0.25) is 5.02 Å². The Balaban J connectivity index is 1.95. The van der Waals surface area contributed by atoms with Crippen LogP contribution in [0.25, 0.3) is 0 Å². The highest BCUT2D eigenvalue weighted by atomic mass is 35.5. The Morgan fingerprint density at radius 3 is 2.68 bits per heavy atom. The molecule has 0 aromatic heterocycles. The van der Waals surface area contributed by atoms with Crippen LogP contribution in [0, 0.1) is 0 Å². The smallest absolute Gasteiger partial charge is 0.410 e. The van der Waals surface area contributed by atoms with Crippen LogP contribution in [-0.2, 0) is 20.5 Å². The van der Waals surface area contributed by atoms with E-state index < -0.39 is 21.7 Å². The van der Waals surface area contributed by atoms with Gasteiger partial charge in [-0.15, -0.1) is 0 Å². The molecule has 1 aliphatic rings. The van der Waals surface area contributed by atoms with Gasteiger partial charge in [0.15, 0.2) is 0 Å². The standard InChI is InChI=1S/C17H25ClN2O4S/c1-17(2,3)24-16(21)20-10-6-8-14(20)11-19-25(22,23)12-13-7-4-5-9-15(13)18/h4-5,7,9,14,19H,6,8,10-12H2,1-3H3/t14-/m1/s1. The van der Waals surface area contributed by atoms with Gasteiger partial charge < -0.3 is 9.64 Å². The van der Waals surface area contributed by atoms with Crippen LogP contribution in [0.15, 0.2) is 24.3 Å². The summed E-state index contributed by atoms with van der Waals surface area (Å²) in [6.45, 7) is 6.17. The van der Waals surface area contributed by atoms with Crippen LogP contribution < -0.4 is 4.72 Å². The molecule has 25 heavy (non-hydrogen) atoms. The van der Waals surface area contributed by atoms with E-state index in [2.05, 4.69) is 4.72 Å². The van der Waals surface area contributed by atoms with E-state index in [0.29, 0.717) is 17.1 Å². The van der Waals surface area contributed by atoms with Crippen molar-refractivity contribution in [2.45, 2.75) is 51.0 Å². The fourth-order valence-electron chi connectivity index (χ4n) is 2.70. The van der Waals surface area contributed by atoms with Gasteiger partial charge in [-0.25, -0.2) is 17.9 Å². The lowest BCUT2D eigenvalue weighted by Crippen LogP contribution is -2.45. The molecule has 0 unspecified atom stereocenters. The highest BCUT2D eigenvalue weighted by molar-refractivity contribution is 7.88. The number of benzene rings is 1. The van der Waals surface area contributed by atoms with Gasteiger partial charge in [-0.1, -0.05) is 29.8 Å². The summed E-state index contributed by atoms with van der Waals surface area (Å²) < 4.78 is 32.6. The lowest BCUT2D eigenvalue weighted by Gasteiger charge is -2.28. The number of likely N-dealkylation sites (tertiary alicyclic amines) is 1. The lowest BCUT2D eigenvalue weighted by atomic mass is 10.2. The second-order valence-electron chi connectivity index (χ2n) is 7.17. The quantitative estimate of drug-likeness (QED) is 0.840. The Labute approximate surface area is 154 Å². The highest BCUT2D eigenvalue weighted by Gasteiger charge is 2.32. The molecule has 1 fully saturated rings. The van der Waals surface area contributed by atoms with Crippen LogP contribution >= 0.6 is 11.6 Å². The SMILES string of the molecule is CC(C)(C)OC(=O)N1CCC[C@@H]1CNS(=O)(=O)Cc1ccccc1Cl. The average Bonchev–Trinajstić information content (AvgIpc) is 2.94. The Morgan fingerprint density at radius 1 is 1.36 bits per heavy atom. The van der Waals surface area contributed by atoms with E-state index >= 15 is 0 Å². The summed E-state index contributed by atoms with van der Waals surface area (Å²) >= 11 is 6.02. The summed E-state index contributed by atoms with van der Waals surface area (Å²) in [5.41, 5.74) is -0.0274. The number of carbonyl (C=O) groups is 1. The molecule has 1 amide bonds. The van der Waals surface area contributed by atoms with E-state index in [1.165, 1.54) is 0 Å². The molecule has 8 heteroatoms. The molecule has 1 N–H and O–H groups in total. The topological polar surface area (TPSA) is 75.7 Å². The van der Waals surface area contributed by atoms with E-state index in [1.54, 1.807) is 29.2 Å². The molecule has 1 aromatic rings. The van der Waals surface area contributed by atoms with Crippen molar-refractivity contribution in [3.05, 3.63) is 34.9 Å². The summed E-state index contributed by atoms with van der Waals surface area (Å²) in [6, 6.07) is 6.65. The van der Waals surface area contributed by atoms with Crippen molar-refractivity contribution in [3.63, 3.8) is 0 Å². The predicted molar refractivity (Wildman–Crippen MR) is 98.0 cm³/mol. The zero-order valence-corrected chi connectivity index (χ0v) is 16.4. The highest BCUT2D eigenvalue weighted by Crippen LogP contribution is 2.21. The third kappa shape index (κ3) is 6.17. The van der Waals surface area contributed by atoms with Crippen molar-refractivity contribution < 1.29 is 17.9 Å². The van der Waals surface area contributed by atoms with E-state index in [0.717, 1.165) is 12.8 Å². The number of nitrogens with zero attached hydrogens (tertiary/aromatic N) is 1. The molecule has 1 aliphatic heterocycles. The summed E-state index contributed by atoms with van der Waals surface area (Å²) in [4.78, 5) is 13.8. The second-order valence-corrected chi connectivity index (χ2v) is 9.38. The molecule has 0 saturated carbocycles. The summed E-state index contributed by atoms with van der Waals surface area (Å²) in [5.74, 6) is -0.189. The first-order valence-corrected chi connectivity index (χ1v) is 10.3. The number of rotatable bonds is 5. The van der Waals surface area contributed by atoms with E-state index in [4.69, 9.17) is 16.3 Å². The van der Waals surface area contributed by atoms with E-state index in [-0.39, 0.29) is 18.3 Å². The molecular formula is C17H25ClN2O4S. The van der Waals surface area contributed by atoms with Crippen molar-refractivity contribution in [3.8, 4) is 0 Å². The maximum Gasteiger partial charge on any atom is 0.410 e. The summed E-state index contributed by atoms with van der Waals surface area (Å²) in [7, 11) is -3.54. The first-order chi connectivity index (χ1) is 11.6. The Kier molecular flexibility index (Phi) is 6.35. The molecule has 0 radical (unpaired) electrons. The van der Waals surface area contributed by atoms with Gasteiger partial charge in [0.1, 0.15) is 5.60 Å². The maximum atomic E-state index is 12.3. The minimum absolute atomic E-state index is 0.173. The predicted octanol–water partition coefficient (Wildman–Crippen LogP) is 3.16. The molecule has 1 heterocycles. The molecule has 1 saturated heterocycles. The van der Waals surface area contributed by atoms with Crippen LogP contribution in [-0.4, -0.2) is 44.1 Å². The largest absolute Gasteiger partial charge is 0.444 e. The average molecular weight is 389 g/mol. The summed E-state index contributed by atoms with van der Waals surface area (Å²) in [5, 5.41) is 0.420. The molecule has 6 nitrogen and oxygen atoms in total. The number of nitrogens with one attached hydrogen (secondary N) is 1. The molecule has 1 atom stereocenters. The van der Waals surface area contributed by atoms with Crippen LogP contribution in [0.3, 0.4) is 0 Å². The Morgan fingerprint density at radius 2 is 2.04 bits per heavy atom. The number of amides is 1. The number of halogens is 1. The zero-order chi connectivity index (χ0) is 18.7. The third-order valence-electron chi connectivity index (χ3n) is 3.85. The van der Waals surface area contributed by atoms with Gasteiger partial charge >= 0.3 is 6.09 Å². The number of sulfonamides is 1. The van der Waals surface area contributed by atoms with Gasteiger partial charge in [-0.3, -0.25) is 0 Å². The number of ether oxygens (including phenoxy) is 1. The lowest BCUT2D eigenvalue weighted by molar-refractivity contribution is 0.0229. The van der Waals surface area contributed by atoms with E-state index in [9.17, 15) is 13.2 Å². The van der Waals surface area contributed by atoms with Gasteiger partial charge in [0.25, 0.3) is 0 Å². The molecule has 2 rings (SSSR count). The van der Waals surface area contributed by atoms with Gasteiger partial charge in [0.05, 0.1) is 5.75 Å². The zero-order valence-electron chi connectivity index (χ0n) is 14.8. The van der Waals surface area contributed by atoms with Gasteiger partial charge in [0, 0.05) is 24.2 Å². The summed E-state index contributed by atoms with van der Waals surface area (Å²) in [6.07, 6.45) is 1.17. The molecule has 0 spiro atoms. The number of carbonyl (C=O) groups excluding carboxylic acids is 1. The molecule has 0 bridgehead atoms. The van der Waals surface area contributed by atoms with Crippen molar-refractivity contribution in [1.29, 1.82) is 0 Å². The fraction of sp³-hybridized carbons (Fsp3) is 0.588. The van der Waals surface area contributed by atoms with Gasteiger partial charge in [0.2, 0.25) is 10.0 Å². The van der Waals surface area contributed by atoms with Gasteiger partial charge in [-0.05, 0) is 45.2 Å². The molecule has 1 aromatic carbocycles.